The van der Waals surface area contributed by atoms with E-state index >= 15 is 0 Å². The van der Waals surface area contributed by atoms with E-state index < -0.39 is 5.41 Å². The van der Waals surface area contributed by atoms with E-state index in [0.717, 1.165) is 33.9 Å². The lowest BCUT2D eigenvalue weighted by molar-refractivity contribution is 0.477. The van der Waals surface area contributed by atoms with Crippen LogP contribution in [-0.4, -0.2) is 20.1 Å². The largest absolute Gasteiger partial charge is 0.507 e. The zero-order chi connectivity index (χ0) is 28.9. The Balaban J connectivity index is 1.50. The summed E-state index contributed by atoms with van der Waals surface area (Å²) in [6, 6.07) is 39.3. The normalized spacial score (nSPS) is 13.4. The van der Waals surface area contributed by atoms with E-state index in [1.807, 2.05) is 42.7 Å². The van der Waals surface area contributed by atoms with Crippen LogP contribution in [0.5, 0.6) is 5.75 Å². The van der Waals surface area contributed by atoms with Gasteiger partial charge in [0.25, 0.3) is 0 Å². The van der Waals surface area contributed by atoms with Crippen LogP contribution in [0.3, 0.4) is 0 Å². The quantitative estimate of drug-likeness (QED) is 0.241. The number of phenolic OH excluding ortho intramolecular Hbond substituents is 1. The van der Waals surface area contributed by atoms with Crippen molar-refractivity contribution in [2.45, 2.75) is 31.6 Å². The number of para-hydroxylation sites is 1. The molecule has 4 aromatic carbocycles. The van der Waals surface area contributed by atoms with Gasteiger partial charge >= 0.3 is 0 Å². The lowest BCUT2D eigenvalue weighted by Gasteiger charge is -2.33. The predicted molar refractivity (Wildman–Crippen MR) is 168 cm³/mol. The number of aromatic nitrogens is 3. The van der Waals surface area contributed by atoms with E-state index in [-0.39, 0.29) is 11.2 Å². The minimum atomic E-state index is -0.678. The summed E-state index contributed by atoms with van der Waals surface area (Å²) in [5.41, 5.74) is 10.2. The number of nitrogens with zero attached hydrogens (tertiary/aromatic N) is 3. The minimum Gasteiger partial charge on any atom is -0.507 e. The second kappa shape index (κ2) is 9.78. The van der Waals surface area contributed by atoms with Crippen molar-refractivity contribution in [1.29, 1.82) is 0 Å². The third kappa shape index (κ3) is 4.02. The van der Waals surface area contributed by atoms with Crippen LogP contribution in [0.25, 0.3) is 33.6 Å². The van der Waals surface area contributed by atoms with Crippen LogP contribution < -0.4 is 0 Å². The first-order valence-electron chi connectivity index (χ1n) is 14.3. The molecule has 0 saturated heterocycles. The molecule has 2 aromatic heterocycles. The van der Waals surface area contributed by atoms with Crippen molar-refractivity contribution in [3.05, 3.63) is 156 Å². The fourth-order valence-corrected chi connectivity index (χ4v) is 6.23. The summed E-state index contributed by atoms with van der Waals surface area (Å²) >= 11 is 0. The molecule has 0 amide bonds. The van der Waals surface area contributed by atoms with Gasteiger partial charge in [0, 0.05) is 22.7 Å². The maximum Gasteiger partial charge on any atom is 0.124 e. The Labute approximate surface area is 246 Å². The highest BCUT2D eigenvalue weighted by Crippen LogP contribution is 2.56. The van der Waals surface area contributed by atoms with Crippen molar-refractivity contribution < 1.29 is 5.11 Å². The number of benzene rings is 4. The summed E-state index contributed by atoms with van der Waals surface area (Å²) in [6.45, 7) is 6.44. The molecule has 0 aliphatic heterocycles. The van der Waals surface area contributed by atoms with Crippen LogP contribution in [0, 0.1) is 0 Å². The van der Waals surface area contributed by atoms with Gasteiger partial charge in [-0.25, -0.2) is 0 Å². The van der Waals surface area contributed by atoms with Crippen molar-refractivity contribution >= 4 is 0 Å². The molecular weight excluding hydrogens is 514 g/mol. The van der Waals surface area contributed by atoms with Crippen molar-refractivity contribution in [3.63, 3.8) is 0 Å². The SMILES string of the molecule is CC(C)(C)c1cnc(-c2cccc(C3(c4cccc(-c5ccccc5O)n4)c4ccccc4-c4ccccc43)c2)cn1. The number of aromatic hydroxyl groups is 1. The Morgan fingerprint density at radius 3 is 1.88 bits per heavy atom. The second-order valence-electron chi connectivity index (χ2n) is 11.9. The van der Waals surface area contributed by atoms with Crippen LogP contribution in [0.15, 0.2) is 128 Å². The molecule has 0 atom stereocenters. The first kappa shape index (κ1) is 25.8. The average molecular weight is 546 g/mol. The monoisotopic (exact) mass is 545 g/mol. The Kier molecular flexibility index (Phi) is 6.02. The first-order chi connectivity index (χ1) is 20.4. The maximum atomic E-state index is 10.7. The topological polar surface area (TPSA) is 58.9 Å². The lowest BCUT2D eigenvalue weighted by atomic mass is 9.69. The van der Waals surface area contributed by atoms with Gasteiger partial charge in [0.2, 0.25) is 0 Å². The summed E-state index contributed by atoms with van der Waals surface area (Å²) in [5.74, 6) is 0.211. The Bertz CT molecular complexity index is 1890. The first-order valence-corrected chi connectivity index (χ1v) is 14.3. The molecule has 0 spiro atoms. The Morgan fingerprint density at radius 2 is 1.24 bits per heavy atom. The molecule has 0 radical (unpaired) electrons. The molecule has 0 saturated carbocycles. The molecule has 2 heterocycles. The molecule has 4 heteroatoms. The third-order valence-electron chi connectivity index (χ3n) is 8.28. The summed E-state index contributed by atoms with van der Waals surface area (Å²) in [7, 11) is 0. The molecule has 0 bridgehead atoms. The minimum absolute atomic E-state index is 0.0709. The van der Waals surface area contributed by atoms with E-state index in [2.05, 4.69) is 99.6 Å². The Hall–Kier alpha value is -5.09. The van der Waals surface area contributed by atoms with E-state index in [9.17, 15) is 5.11 Å². The maximum absolute atomic E-state index is 10.7. The second-order valence-corrected chi connectivity index (χ2v) is 11.9. The molecule has 42 heavy (non-hydrogen) atoms. The molecular formula is C38H31N3O. The van der Waals surface area contributed by atoms with E-state index in [1.54, 1.807) is 6.07 Å². The summed E-state index contributed by atoms with van der Waals surface area (Å²) in [6.07, 6.45) is 3.76. The van der Waals surface area contributed by atoms with Crippen LogP contribution in [0.4, 0.5) is 0 Å². The number of rotatable bonds is 4. The van der Waals surface area contributed by atoms with Crippen LogP contribution in [0.2, 0.25) is 0 Å². The van der Waals surface area contributed by atoms with Crippen molar-refractivity contribution in [1.82, 2.24) is 15.0 Å². The van der Waals surface area contributed by atoms with Crippen molar-refractivity contribution in [2.24, 2.45) is 0 Å². The molecule has 7 rings (SSSR count). The number of phenols is 1. The lowest BCUT2D eigenvalue weighted by Crippen LogP contribution is -2.30. The van der Waals surface area contributed by atoms with E-state index in [0.29, 0.717) is 5.56 Å². The highest BCUT2D eigenvalue weighted by molar-refractivity contribution is 5.86. The van der Waals surface area contributed by atoms with Crippen molar-refractivity contribution in [3.8, 4) is 39.4 Å². The van der Waals surface area contributed by atoms with Crippen LogP contribution in [0.1, 0.15) is 48.8 Å². The third-order valence-corrected chi connectivity index (χ3v) is 8.28. The fourth-order valence-electron chi connectivity index (χ4n) is 6.23. The van der Waals surface area contributed by atoms with Gasteiger partial charge in [-0.05, 0) is 58.1 Å². The van der Waals surface area contributed by atoms with Crippen LogP contribution in [-0.2, 0) is 10.8 Å². The molecule has 1 N–H and O–H groups in total. The molecule has 0 unspecified atom stereocenters. The predicted octanol–water partition coefficient (Wildman–Crippen LogP) is 8.57. The van der Waals surface area contributed by atoms with Gasteiger partial charge in [0.15, 0.2) is 0 Å². The summed E-state index contributed by atoms with van der Waals surface area (Å²) < 4.78 is 0. The zero-order valence-corrected chi connectivity index (χ0v) is 23.9. The highest BCUT2D eigenvalue weighted by Gasteiger charge is 2.47. The van der Waals surface area contributed by atoms with Crippen LogP contribution >= 0.6 is 0 Å². The van der Waals surface area contributed by atoms with E-state index in [1.165, 1.54) is 22.3 Å². The zero-order valence-electron chi connectivity index (χ0n) is 23.9. The van der Waals surface area contributed by atoms with Gasteiger partial charge in [0.05, 0.1) is 34.4 Å². The van der Waals surface area contributed by atoms with Gasteiger partial charge in [-0.15, -0.1) is 0 Å². The molecule has 1 aliphatic rings. The van der Waals surface area contributed by atoms with Gasteiger partial charge in [-0.2, -0.15) is 0 Å². The average Bonchev–Trinajstić information content (AvgIpc) is 3.32. The smallest absolute Gasteiger partial charge is 0.124 e. The molecule has 4 nitrogen and oxygen atoms in total. The highest BCUT2D eigenvalue weighted by atomic mass is 16.3. The van der Waals surface area contributed by atoms with Gasteiger partial charge in [0.1, 0.15) is 5.75 Å². The molecule has 6 aromatic rings. The van der Waals surface area contributed by atoms with Gasteiger partial charge in [-0.3, -0.25) is 15.0 Å². The summed E-state index contributed by atoms with van der Waals surface area (Å²) in [4.78, 5) is 14.9. The number of pyridine rings is 1. The van der Waals surface area contributed by atoms with Gasteiger partial charge < -0.3 is 5.11 Å². The van der Waals surface area contributed by atoms with E-state index in [4.69, 9.17) is 15.0 Å². The van der Waals surface area contributed by atoms with Gasteiger partial charge in [-0.1, -0.05) is 106 Å². The molecule has 0 fully saturated rings. The molecule has 204 valence electrons. The molecule has 1 aliphatic carbocycles. The number of fused-ring (bicyclic) bond motifs is 3. The standard InChI is InChI=1S/C38H31N3O/c1-37(2,3)36-24-39-33(23-40-36)25-12-10-13-26(22-25)38(30-17-7-4-14-27(30)28-15-5-8-18-31(28)38)35-21-11-19-32(41-35)29-16-6-9-20-34(29)42/h4-24,42H,1-3H3. The summed E-state index contributed by atoms with van der Waals surface area (Å²) in [5, 5.41) is 10.7. The number of hydrogen-bond donors (Lipinski definition) is 1. The van der Waals surface area contributed by atoms with Crippen molar-refractivity contribution in [2.75, 3.05) is 0 Å². The fraction of sp³-hybridized carbons (Fsp3) is 0.132. The Morgan fingerprint density at radius 1 is 0.595 bits per heavy atom. The number of hydrogen-bond acceptors (Lipinski definition) is 4.